The average molecular weight is 444 g/mol. The molecule has 0 aliphatic heterocycles. The summed E-state index contributed by atoms with van der Waals surface area (Å²) in [4.78, 5) is 17.8. The number of guanidine groups is 1. The minimum Gasteiger partial charge on any atom is -0.463 e. The molecule has 0 unspecified atom stereocenters. The van der Waals surface area contributed by atoms with Gasteiger partial charge in [0.2, 0.25) is 0 Å². The van der Waals surface area contributed by atoms with E-state index in [1.807, 2.05) is 13.8 Å². The van der Waals surface area contributed by atoms with Gasteiger partial charge in [-0.15, -0.1) is 24.0 Å². The van der Waals surface area contributed by atoms with Crippen LogP contribution in [0.2, 0.25) is 0 Å². The van der Waals surface area contributed by atoms with Crippen molar-refractivity contribution in [3.05, 3.63) is 0 Å². The number of halogens is 1. The predicted molar refractivity (Wildman–Crippen MR) is 105 cm³/mol. The molecule has 0 bridgehead atoms. The van der Waals surface area contributed by atoms with Crippen LogP contribution in [0.25, 0.3) is 0 Å². The molecule has 0 saturated carbocycles. The Morgan fingerprint density at radius 2 is 1.87 bits per heavy atom. The zero-order valence-electron chi connectivity index (χ0n) is 15.1. The van der Waals surface area contributed by atoms with Gasteiger partial charge in [0.05, 0.1) is 12.5 Å². The molecule has 23 heavy (non-hydrogen) atoms. The van der Waals surface area contributed by atoms with E-state index in [-0.39, 0.29) is 36.0 Å². The fourth-order valence-corrected chi connectivity index (χ4v) is 1.78. The van der Waals surface area contributed by atoms with Gasteiger partial charge in [-0.05, 0) is 27.3 Å². The molecular formula is C15H33IN4O3. The van der Waals surface area contributed by atoms with Crippen molar-refractivity contribution in [2.75, 3.05) is 54.0 Å². The van der Waals surface area contributed by atoms with Crippen LogP contribution in [0.1, 0.15) is 26.7 Å². The lowest BCUT2D eigenvalue weighted by atomic mass is 10.4. The molecule has 0 fully saturated rings. The smallest absolute Gasteiger partial charge is 0.307 e. The largest absolute Gasteiger partial charge is 0.463 e. The van der Waals surface area contributed by atoms with Crippen LogP contribution in [-0.4, -0.2) is 76.9 Å². The number of aliphatic imine (C=N–C) groups is 1. The second-order valence-corrected chi connectivity index (χ2v) is 5.36. The number of hydrogen-bond acceptors (Lipinski definition) is 5. The second-order valence-electron chi connectivity index (χ2n) is 5.36. The number of methoxy groups -OCH3 is 1. The molecule has 138 valence electrons. The molecule has 0 aromatic carbocycles. The van der Waals surface area contributed by atoms with Crippen LogP contribution in [0.5, 0.6) is 0 Å². The van der Waals surface area contributed by atoms with E-state index in [1.54, 1.807) is 14.2 Å². The van der Waals surface area contributed by atoms with Crippen LogP contribution < -0.4 is 10.6 Å². The van der Waals surface area contributed by atoms with E-state index in [0.29, 0.717) is 18.9 Å². The number of carbonyl (C=O) groups excluding carboxylic acids is 1. The molecule has 0 aliphatic carbocycles. The normalized spacial score (nSPS) is 11.3. The first-order chi connectivity index (χ1) is 10.5. The maximum Gasteiger partial charge on any atom is 0.307 e. The van der Waals surface area contributed by atoms with Crippen LogP contribution in [0, 0.1) is 0 Å². The molecule has 0 spiro atoms. The fourth-order valence-electron chi connectivity index (χ4n) is 1.78. The standard InChI is InChI=1S/C15H32N4O3.HI/c1-13(2)22-14(20)7-8-17-15(16-3)18-9-11-19(4)10-6-12-21-5;/h13H,6-12H2,1-5H3,(H2,16,17,18);1H. The molecular weight excluding hydrogens is 411 g/mol. The molecule has 0 aliphatic rings. The first kappa shape index (κ1) is 24.6. The van der Waals surface area contributed by atoms with Gasteiger partial charge in [-0.1, -0.05) is 0 Å². The van der Waals surface area contributed by atoms with Crippen LogP contribution in [0.15, 0.2) is 4.99 Å². The molecule has 0 saturated heterocycles. The lowest BCUT2D eigenvalue weighted by Gasteiger charge is -2.18. The van der Waals surface area contributed by atoms with Crippen molar-refractivity contribution in [2.45, 2.75) is 32.8 Å². The third kappa shape index (κ3) is 16.0. The molecule has 0 rings (SSSR count). The van der Waals surface area contributed by atoms with Crippen LogP contribution in [0.4, 0.5) is 0 Å². The van der Waals surface area contributed by atoms with Crippen LogP contribution in [-0.2, 0) is 14.3 Å². The van der Waals surface area contributed by atoms with E-state index >= 15 is 0 Å². The Morgan fingerprint density at radius 3 is 2.43 bits per heavy atom. The maximum absolute atomic E-state index is 11.4. The average Bonchev–Trinajstić information content (AvgIpc) is 2.45. The predicted octanol–water partition coefficient (Wildman–Crippen LogP) is 1.08. The van der Waals surface area contributed by atoms with E-state index in [0.717, 1.165) is 32.7 Å². The summed E-state index contributed by atoms with van der Waals surface area (Å²) in [5, 5.41) is 6.32. The summed E-state index contributed by atoms with van der Waals surface area (Å²) in [5.41, 5.74) is 0. The van der Waals surface area contributed by atoms with Gasteiger partial charge in [0.1, 0.15) is 0 Å². The Balaban J connectivity index is 0. The number of nitrogens with zero attached hydrogens (tertiary/aromatic N) is 2. The highest BCUT2D eigenvalue weighted by Gasteiger charge is 2.06. The minimum absolute atomic E-state index is 0. The highest BCUT2D eigenvalue weighted by atomic mass is 127. The number of esters is 1. The molecule has 0 radical (unpaired) electrons. The van der Waals surface area contributed by atoms with Crippen molar-refractivity contribution in [3.63, 3.8) is 0 Å². The first-order valence-corrected chi connectivity index (χ1v) is 7.81. The highest BCUT2D eigenvalue weighted by Crippen LogP contribution is 1.92. The van der Waals surface area contributed by atoms with E-state index in [4.69, 9.17) is 9.47 Å². The van der Waals surface area contributed by atoms with E-state index < -0.39 is 0 Å². The zero-order valence-corrected chi connectivity index (χ0v) is 17.4. The summed E-state index contributed by atoms with van der Waals surface area (Å²) in [5.74, 6) is 0.499. The van der Waals surface area contributed by atoms with Gasteiger partial charge >= 0.3 is 5.97 Å². The van der Waals surface area contributed by atoms with Gasteiger partial charge in [0, 0.05) is 46.9 Å². The zero-order chi connectivity index (χ0) is 16.8. The number of likely N-dealkylation sites (N-methyl/N-ethyl adjacent to an activating group) is 1. The van der Waals surface area contributed by atoms with Crippen LogP contribution in [0.3, 0.4) is 0 Å². The summed E-state index contributed by atoms with van der Waals surface area (Å²) in [6.07, 6.45) is 1.28. The number of carbonyl (C=O) groups is 1. The van der Waals surface area contributed by atoms with Gasteiger partial charge in [0.15, 0.2) is 5.96 Å². The molecule has 2 N–H and O–H groups in total. The van der Waals surface area contributed by atoms with E-state index in [2.05, 4.69) is 27.6 Å². The molecule has 0 aromatic heterocycles. The Kier molecular flexibility index (Phi) is 17.4. The quantitative estimate of drug-likeness (QED) is 0.163. The number of hydrogen-bond donors (Lipinski definition) is 2. The van der Waals surface area contributed by atoms with Crippen molar-refractivity contribution >= 4 is 35.9 Å². The monoisotopic (exact) mass is 444 g/mol. The van der Waals surface area contributed by atoms with Crippen molar-refractivity contribution < 1.29 is 14.3 Å². The van der Waals surface area contributed by atoms with Crippen molar-refractivity contribution in [1.29, 1.82) is 0 Å². The second kappa shape index (κ2) is 16.3. The van der Waals surface area contributed by atoms with Crippen molar-refractivity contribution in [1.82, 2.24) is 15.5 Å². The molecule has 0 heterocycles. The Hall–Kier alpha value is -0.610. The Morgan fingerprint density at radius 1 is 1.22 bits per heavy atom. The van der Waals surface area contributed by atoms with Gasteiger partial charge < -0.3 is 25.0 Å². The Labute approximate surface area is 157 Å². The van der Waals surface area contributed by atoms with Gasteiger partial charge in [-0.2, -0.15) is 0 Å². The van der Waals surface area contributed by atoms with Gasteiger partial charge in [-0.25, -0.2) is 0 Å². The van der Waals surface area contributed by atoms with Crippen LogP contribution >= 0.6 is 24.0 Å². The van der Waals surface area contributed by atoms with Gasteiger partial charge in [-0.3, -0.25) is 9.79 Å². The molecule has 7 nitrogen and oxygen atoms in total. The first-order valence-electron chi connectivity index (χ1n) is 7.81. The minimum atomic E-state index is -0.198. The number of nitrogens with one attached hydrogen (secondary N) is 2. The lowest BCUT2D eigenvalue weighted by molar-refractivity contribution is -0.147. The highest BCUT2D eigenvalue weighted by molar-refractivity contribution is 14.0. The molecule has 0 amide bonds. The third-order valence-corrected chi connectivity index (χ3v) is 2.89. The summed E-state index contributed by atoms with van der Waals surface area (Å²) in [6.45, 7) is 7.69. The van der Waals surface area contributed by atoms with E-state index in [1.165, 1.54) is 0 Å². The summed E-state index contributed by atoms with van der Waals surface area (Å²) in [7, 11) is 5.51. The van der Waals surface area contributed by atoms with Crippen molar-refractivity contribution in [2.24, 2.45) is 4.99 Å². The summed E-state index contributed by atoms with van der Waals surface area (Å²) in [6, 6.07) is 0. The van der Waals surface area contributed by atoms with E-state index in [9.17, 15) is 4.79 Å². The third-order valence-electron chi connectivity index (χ3n) is 2.89. The topological polar surface area (TPSA) is 75.2 Å². The van der Waals surface area contributed by atoms with Gasteiger partial charge in [0.25, 0.3) is 0 Å². The molecule has 0 atom stereocenters. The molecule has 0 aromatic rings. The fraction of sp³-hybridized carbons (Fsp3) is 0.867. The number of rotatable bonds is 11. The molecule has 8 heteroatoms. The SMILES string of the molecule is CN=C(NCCC(=O)OC(C)C)NCCN(C)CCCOC.I. The lowest BCUT2D eigenvalue weighted by Crippen LogP contribution is -2.41. The maximum atomic E-state index is 11.4. The van der Waals surface area contributed by atoms with Crippen molar-refractivity contribution in [3.8, 4) is 0 Å². The summed E-state index contributed by atoms with van der Waals surface area (Å²) < 4.78 is 10.1. The number of ether oxygens (including phenoxy) is 2. The summed E-state index contributed by atoms with van der Waals surface area (Å²) >= 11 is 0. The Bertz CT molecular complexity index is 328.